The van der Waals surface area contributed by atoms with Crippen molar-refractivity contribution in [3.63, 3.8) is 0 Å². The highest BCUT2D eigenvalue weighted by Crippen LogP contribution is 2.14. The van der Waals surface area contributed by atoms with Gasteiger partial charge in [-0.25, -0.2) is 4.79 Å². The molecule has 0 fully saturated rings. The maximum atomic E-state index is 10.1. The van der Waals surface area contributed by atoms with Crippen molar-refractivity contribution in [1.82, 2.24) is 0 Å². The Labute approximate surface area is 125 Å². The van der Waals surface area contributed by atoms with E-state index in [1.54, 1.807) is 6.08 Å². The monoisotopic (exact) mass is 284 g/mol. The minimum absolute atomic E-state index is 0.291. The fourth-order valence-corrected chi connectivity index (χ4v) is 1.64. The smallest absolute Gasteiger partial charge is 0.328 e. The maximum Gasteiger partial charge on any atom is 0.328 e. The minimum Gasteiger partial charge on any atom is -0.478 e. The van der Waals surface area contributed by atoms with Crippen molar-refractivity contribution in [2.45, 2.75) is 19.4 Å². The molecular weight excluding hydrogens is 264 g/mol. The van der Waals surface area contributed by atoms with E-state index in [0.29, 0.717) is 0 Å². The van der Waals surface area contributed by atoms with E-state index in [4.69, 9.17) is 5.11 Å². The quantitative estimate of drug-likeness (QED) is 0.837. The van der Waals surface area contributed by atoms with Crippen LogP contribution in [0.25, 0.3) is 6.08 Å². The van der Waals surface area contributed by atoms with Gasteiger partial charge in [-0.1, -0.05) is 67.6 Å². The molecule has 1 unspecified atom stereocenters. The van der Waals surface area contributed by atoms with E-state index >= 15 is 0 Å². The molecular formula is C18H20O3. The summed E-state index contributed by atoms with van der Waals surface area (Å²) in [6, 6.07) is 19.0. The summed E-state index contributed by atoms with van der Waals surface area (Å²) in [5.41, 5.74) is 1.90. The number of carbonyl (C=O) groups is 1. The van der Waals surface area contributed by atoms with E-state index in [9.17, 15) is 9.90 Å². The molecule has 0 spiro atoms. The van der Waals surface area contributed by atoms with E-state index in [-0.39, 0.29) is 6.10 Å². The number of benzene rings is 2. The van der Waals surface area contributed by atoms with Crippen LogP contribution in [-0.4, -0.2) is 16.2 Å². The summed E-state index contributed by atoms with van der Waals surface area (Å²) in [7, 11) is 0. The molecule has 0 aliphatic carbocycles. The normalized spacial score (nSPS) is 11.5. The molecule has 1 atom stereocenters. The zero-order chi connectivity index (χ0) is 15.5. The standard InChI is InChI=1S/C9H8O2.C9H12O/c10-9(11)7-6-8-4-2-1-3-5-8;1-2-9(10)8-6-4-3-5-7-8/h1-7H,(H,10,11);3-7,9-10H,2H2,1H3. The molecule has 0 radical (unpaired) electrons. The summed E-state index contributed by atoms with van der Waals surface area (Å²) in [4.78, 5) is 10.1. The third-order valence-corrected chi connectivity index (χ3v) is 2.79. The molecule has 2 aromatic rings. The molecule has 2 rings (SSSR count). The van der Waals surface area contributed by atoms with Gasteiger partial charge in [-0.3, -0.25) is 0 Å². The highest BCUT2D eigenvalue weighted by molar-refractivity contribution is 5.85. The molecule has 0 heterocycles. The summed E-state index contributed by atoms with van der Waals surface area (Å²) in [5, 5.41) is 17.6. The van der Waals surface area contributed by atoms with Crippen LogP contribution in [0.5, 0.6) is 0 Å². The second kappa shape index (κ2) is 9.50. The molecule has 3 heteroatoms. The average molecular weight is 284 g/mol. The van der Waals surface area contributed by atoms with Gasteiger partial charge in [-0.2, -0.15) is 0 Å². The lowest BCUT2D eigenvalue weighted by atomic mass is 10.1. The van der Waals surface area contributed by atoms with E-state index in [0.717, 1.165) is 23.6 Å². The van der Waals surface area contributed by atoms with E-state index < -0.39 is 5.97 Å². The largest absolute Gasteiger partial charge is 0.478 e. The van der Waals surface area contributed by atoms with Gasteiger partial charge < -0.3 is 10.2 Å². The Balaban J connectivity index is 0.000000211. The maximum absolute atomic E-state index is 10.1. The molecule has 0 bridgehead atoms. The van der Waals surface area contributed by atoms with Crippen molar-refractivity contribution in [3.8, 4) is 0 Å². The lowest BCUT2D eigenvalue weighted by Gasteiger charge is -2.05. The second-order valence-electron chi connectivity index (χ2n) is 4.42. The van der Waals surface area contributed by atoms with Gasteiger partial charge >= 0.3 is 5.97 Å². The van der Waals surface area contributed by atoms with Crippen molar-refractivity contribution in [1.29, 1.82) is 0 Å². The molecule has 110 valence electrons. The van der Waals surface area contributed by atoms with Crippen LogP contribution in [0.15, 0.2) is 66.7 Å². The number of hydrogen-bond acceptors (Lipinski definition) is 2. The Morgan fingerprint density at radius 3 is 2.05 bits per heavy atom. The van der Waals surface area contributed by atoms with Gasteiger partial charge in [0.1, 0.15) is 0 Å². The van der Waals surface area contributed by atoms with Crippen LogP contribution < -0.4 is 0 Å². The van der Waals surface area contributed by atoms with Crippen LogP contribution in [0, 0.1) is 0 Å². The van der Waals surface area contributed by atoms with Crippen LogP contribution in [0.2, 0.25) is 0 Å². The summed E-state index contributed by atoms with van der Waals surface area (Å²) < 4.78 is 0. The van der Waals surface area contributed by atoms with Gasteiger partial charge in [-0.05, 0) is 23.6 Å². The molecule has 0 aromatic heterocycles. The Morgan fingerprint density at radius 1 is 1.05 bits per heavy atom. The Morgan fingerprint density at radius 2 is 1.57 bits per heavy atom. The van der Waals surface area contributed by atoms with E-state index in [2.05, 4.69) is 0 Å². The highest BCUT2D eigenvalue weighted by atomic mass is 16.4. The average Bonchev–Trinajstić information content (AvgIpc) is 2.54. The summed E-state index contributed by atoms with van der Waals surface area (Å²) >= 11 is 0. The molecule has 0 aliphatic rings. The number of hydrogen-bond donors (Lipinski definition) is 2. The topological polar surface area (TPSA) is 57.5 Å². The fourth-order valence-electron chi connectivity index (χ4n) is 1.64. The van der Waals surface area contributed by atoms with Crippen molar-refractivity contribution in [2.75, 3.05) is 0 Å². The third-order valence-electron chi connectivity index (χ3n) is 2.79. The van der Waals surface area contributed by atoms with Gasteiger partial charge in [0, 0.05) is 6.08 Å². The second-order valence-corrected chi connectivity index (χ2v) is 4.42. The zero-order valence-corrected chi connectivity index (χ0v) is 12.0. The van der Waals surface area contributed by atoms with Crippen molar-refractivity contribution < 1.29 is 15.0 Å². The predicted octanol–water partition coefficient (Wildman–Crippen LogP) is 3.91. The van der Waals surface area contributed by atoms with E-state index in [1.807, 2.05) is 67.6 Å². The molecule has 0 saturated heterocycles. The summed E-state index contributed by atoms with van der Waals surface area (Å²) in [5.74, 6) is -0.922. The number of rotatable bonds is 4. The first-order valence-corrected chi connectivity index (χ1v) is 6.82. The van der Waals surface area contributed by atoms with Crippen LogP contribution in [0.1, 0.15) is 30.6 Å². The number of aliphatic hydroxyl groups excluding tert-OH is 1. The number of carboxylic acid groups (broad SMARTS) is 1. The lowest BCUT2D eigenvalue weighted by molar-refractivity contribution is -0.131. The van der Waals surface area contributed by atoms with Crippen LogP contribution in [0.3, 0.4) is 0 Å². The van der Waals surface area contributed by atoms with Gasteiger partial charge in [-0.15, -0.1) is 0 Å². The number of aliphatic hydroxyl groups is 1. The molecule has 0 saturated carbocycles. The van der Waals surface area contributed by atoms with Gasteiger partial charge in [0.15, 0.2) is 0 Å². The van der Waals surface area contributed by atoms with Crippen molar-refractivity contribution >= 4 is 12.0 Å². The zero-order valence-electron chi connectivity index (χ0n) is 12.0. The highest BCUT2D eigenvalue weighted by Gasteiger charge is 2.00. The van der Waals surface area contributed by atoms with Crippen LogP contribution in [0.4, 0.5) is 0 Å². The van der Waals surface area contributed by atoms with Crippen molar-refractivity contribution in [2.24, 2.45) is 0 Å². The van der Waals surface area contributed by atoms with Gasteiger partial charge in [0.25, 0.3) is 0 Å². The Bertz CT molecular complexity index is 547. The van der Waals surface area contributed by atoms with E-state index in [1.165, 1.54) is 0 Å². The summed E-state index contributed by atoms with van der Waals surface area (Å²) in [6.07, 6.45) is 3.17. The van der Waals surface area contributed by atoms with Gasteiger partial charge in [0.05, 0.1) is 6.10 Å². The third kappa shape index (κ3) is 7.09. The van der Waals surface area contributed by atoms with Crippen LogP contribution >= 0.6 is 0 Å². The van der Waals surface area contributed by atoms with Crippen LogP contribution in [-0.2, 0) is 4.79 Å². The first-order valence-electron chi connectivity index (χ1n) is 6.82. The number of carboxylic acids is 1. The predicted molar refractivity (Wildman–Crippen MR) is 84.8 cm³/mol. The van der Waals surface area contributed by atoms with Gasteiger partial charge in [0.2, 0.25) is 0 Å². The molecule has 0 amide bonds. The molecule has 2 aromatic carbocycles. The fraction of sp³-hybridized carbons (Fsp3) is 0.167. The lowest BCUT2D eigenvalue weighted by Crippen LogP contribution is -1.93. The summed E-state index contributed by atoms with van der Waals surface area (Å²) in [6.45, 7) is 1.97. The Kier molecular flexibility index (Phi) is 7.54. The first-order chi connectivity index (χ1) is 10.1. The first kappa shape index (κ1) is 16.7. The minimum atomic E-state index is -0.922. The molecule has 3 nitrogen and oxygen atoms in total. The number of aliphatic carboxylic acids is 1. The SMILES string of the molecule is CCC(O)c1ccccc1.O=C(O)C=Cc1ccccc1. The molecule has 21 heavy (non-hydrogen) atoms. The van der Waals surface area contributed by atoms with Crippen molar-refractivity contribution in [3.05, 3.63) is 77.9 Å². The molecule has 0 aliphatic heterocycles. The Hall–Kier alpha value is -2.39. The molecule has 2 N–H and O–H groups in total.